The van der Waals surface area contributed by atoms with Crippen molar-refractivity contribution in [2.24, 2.45) is 0 Å². The molecule has 0 radical (unpaired) electrons. The highest BCUT2D eigenvalue weighted by molar-refractivity contribution is 7.16. The second-order valence-corrected chi connectivity index (χ2v) is 7.23. The smallest absolute Gasteiger partial charge is 0.341 e. The summed E-state index contributed by atoms with van der Waals surface area (Å²) in [4.78, 5) is 38.2. The number of carbonyl (C=O) groups excluding carboxylic acids is 3. The van der Waals surface area contributed by atoms with Gasteiger partial charge in [0.25, 0.3) is 5.91 Å². The number of anilines is 1. The Hall–Kier alpha value is -2.61. The van der Waals surface area contributed by atoms with Gasteiger partial charge in [-0.2, -0.15) is 0 Å². The number of thiophene rings is 1. The predicted octanol–water partition coefficient (Wildman–Crippen LogP) is 3.04. The molecule has 0 saturated carbocycles. The Morgan fingerprint density at radius 3 is 2.50 bits per heavy atom. The van der Waals surface area contributed by atoms with Gasteiger partial charge in [0.05, 0.1) is 12.1 Å². The molecule has 0 aliphatic carbocycles. The van der Waals surface area contributed by atoms with Crippen molar-refractivity contribution >= 4 is 34.1 Å². The summed E-state index contributed by atoms with van der Waals surface area (Å²) >= 11 is 1.30. The first-order valence-corrected chi connectivity index (χ1v) is 8.84. The minimum absolute atomic E-state index is 0.273. The van der Waals surface area contributed by atoms with Crippen LogP contribution in [0.2, 0.25) is 0 Å². The van der Waals surface area contributed by atoms with Crippen molar-refractivity contribution in [2.75, 3.05) is 19.0 Å². The monoisotopic (exact) mass is 378 g/mol. The second-order valence-electron chi connectivity index (χ2n) is 6.01. The number of nitrogens with zero attached hydrogens (tertiary/aromatic N) is 1. The van der Waals surface area contributed by atoms with Crippen molar-refractivity contribution in [1.82, 2.24) is 4.90 Å². The van der Waals surface area contributed by atoms with E-state index in [9.17, 15) is 14.4 Å². The van der Waals surface area contributed by atoms with Crippen LogP contribution in [0.3, 0.4) is 0 Å². The van der Waals surface area contributed by atoms with Crippen LogP contribution in [0.5, 0.6) is 0 Å². The zero-order valence-corrected chi connectivity index (χ0v) is 16.3. The molecule has 1 N–H and O–H groups in total. The van der Waals surface area contributed by atoms with Gasteiger partial charge in [-0.25, -0.2) is 4.79 Å². The summed E-state index contributed by atoms with van der Waals surface area (Å²) in [6.07, 6.45) is 0. The van der Waals surface area contributed by atoms with Crippen LogP contribution in [0.1, 0.15) is 39.2 Å². The summed E-state index contributed by atoms with van der Waals surface area (Å²) in [5, 5.41) is 3.07. The minimum atomic E-state index is -0.633. The Labute approximate surface area is 155 Å². The summed E-state index contributed by atoms with van der Waals surface area (Å²) in [6, 6.07) is 3.61. The molecule has 0 aromatic carbocycles. The zero-order valence-electron chi connectivity index (χ0n) is 15.5. The van der Waals surface area contributed by atoms with Gasteiger partial charge < -0.3 is 19.4 Å². The molecule has 7 nitrogen and oxygen atoms in total. The molecule has 2 rings (SSSR count). The van der Waals surface area contributed by atoms with Gasteiger partial charge in [0.1, 0.15) is 16.5 Å². The topological polar surface area (TPSA) is 88.8 Å². The maximum atomic E-state index is 12.4. The number of likely N-dealkylation sites (N-methyl/N-ethyl adjacent to an activating group) is 1. The first kappa shape index (κ1) is 19.7. The van der Waals surface area contributed by atoms with Crippen LogP contribution in [-0.4, -0.2) is 36.3 Å². The molecule has 2 amide bonds. The third-order valence-corrected chi connectivity index (χ3v) is 4.94. The van der Waals surface area contributed by atoms with Gasteiger partial charge in [-0.15, -0.1) is 11.3 Å². The number of nitrogens with one attached hydrogen (secondary N) is 1. The fraction of sp³-hybridized carbons (Fsp3) is 0.389. The normalized spacial score (nSPS) is 10.5. The van der Waals surface area contributed by atoms with Crippen molar-refractivity contribution in [1.29, 1.82) is 0 Å². The molecule has 2 heterocycles. The molecular weight excluding hydrogens is 356 g/mol. The number of carbonyl (C=O) groups is 3. The van der Waals surface area contributed by atoms with Gasteiger partial charge in [-0.05, 0) is 38.5 Å². The minimum Gasteiger partial charge on any atom is -0.464 e. The summed E-state index contributed by atoms with van der Waals surface area (Å²) in [6.45, 7) is 6.73. The number of rotatable bonds is 6. The lowest BCUT2D eigenvalue weighted by molar-refractivity contribution is -0.134. The van der Waals surface area contributed by atoms with Crippen LogP contribution >= 0.6 is 11.3 Å². The van der Waals surface area contributed by atoms with Crippen LogP contribution in [0.25, 0.3) is 0 Å². The quantitative estimate of drug-likeness (QED) is 0.781. The molecule has 26 heavy (non-hydrogen) atoms. The molecule has 0 atom stereocenters. The molecule has 0 aliphatic heterocycles. The molecule has 0 bridgehead atoms. The molecule has 2 aromatic heterocycles. The predicted molar refractivity (Wildman–Crippen MR) is 98.3 cm³/mol. The molecule has 0 spiro atoms. The maximum Gasteiger partial charge on any atom is 0.341 e. The Morgan fingerprint density at radius 1 is 1.23 bits per heavy atom. The van der Waals surface area contributed by atoms with Gasteiger partial charge in [-0.3, -0.25) is 9.59 Å². The van der Waals surface area contributed by atoms with Crippen molar-refractivity contribution in [3.05, 3.63) is 39.7 Å². The molecule has 8 heteroatoms. The third-order valence-electron chi connectivity index (χ3n) is 3.82. The summed E-state index contributed by atoms with van der Waals surface area (Å²) in [5.74, 6) is 0.164. The molecule has 0 saturated heterocycles. The van der Waals surface area contributed by atoms with E-state index in [2.05, 4.69) is 5.32 Å². The van der Waals surface area contributed by atoms with E-state index in [1.54, 1.807) is 20.0 Å². The van der Waals surface area contributed by atoms with E-state index in [-0.39, 0.29) is 25.0 Å². The van der Waals surface area contributed by atoms with Crippen molar-refractivity contribution in [2.45, 2.75) is 34.2 Å². The van der Waals surface area contributed by atoms with Gasteiger partial charge >= 0.3 is 5.97 Å². The number of esters is 1. The Morgan fingerprint density at radius 2 is 1.92 bits per heavy atom. The van der Waals surface area contributed by atoms with Crippen LogP contribution in [0.4, 0.5) is 5.00 Å². The first-order chi connectivity index (χ1) is 12.2. The summed E-state index contributed by atoms with van der Waals surface area (Å²) < 4.78 is 10.6. The first-order valence-electron chi connectivity index (χ1n) is 8.03. The number of ether oxygens (including phenoxy) is 1. The highest BCUT2D eigenvalue weighted by Crippen LogP contribution is 2.33. The molecular formula is C18H22N2O5S. The fourth-order valence-electron chi connectivity index (χ4n) is 2.32. The van der Waals surface area contributed by atoms with Crippen molar-refractivity contribution < 1.29 is 23.5 Å². The second kappa shape index (κ2) is 8.18. The largest absolute Gasteiger partial charge is 0.464 e. The Kier molecular flexibility index (Phi) is 6.20. The zero-order chi connectivity index (χ0) is 19.4. The highest BCUT2D eigenvalue weighted by Gasteiger charge is 2.23. The van der Waals surface area contributed by atoms with E-state index in [1.807, 2.05) is 19.9 Å². The van der Waals surface area contributed by atoms with E-state index < -0.39 is 5.97 Å². The number of aryl methyl sites for hydroxylation is 2. The van der Waals surface area contributed by atoms with Crippen molar-refractivity contribution in [3.8, 4) is 0 Å². The number of hydrogen-bond acceptors (Lipinski definition) is 6. The van der Waals surface area contributed by atoms with E-state index in [0.29, 0.717) is 16.3 Å². The average molecular weight is 378 g/mol. The van der Waals surface area contributed by atoms with Gasteiger partial charge in [0.15, 0.2) is 6.61 Å². The lowest BCUT2D eigenvalue weighted by Gasteiger charge is -2.16. The Bertz CT molecular complexity index is 837. The van der Waals surface area contributed by atoms with Gasteiger partial charge in [-0.1, -0.05) is 0 Å². The van der Waals surface area contributed by atoms with E-state index in [4.69, 9.17) is 9.15 Å². The molecule has 140 valence electrons. The standard InChI is InChI=1S/C18H22N2O5S/c1-10-6-7-14(25-10)8-20(5)15(22)9-24-18(23)16-11(2)12(3)26-17(16)19-13(4)21/h6-7H,8-9H2,1-5H3,(H,19,21). The summed E-state index contributed by atoms with van der Waals surface area (Å²) in [5.41, 5.74) is 1.02. The number of furan rings is 1. The fourth-order valence-corrected chi connectivity index (χ4v) is 3.42. The molecule has 2 aromatic rings. The lowest BCUT2D eigenvalue weighted by atomic mass is 10.1. The summed E-state index contributed by atoms with van der Waals surface area (Å²) in [7, 11) is 1.61. The van der Waals surface area contributed by atoms with Crippen molar-refractivity contribution in [3.63, 3.8) is 0 Å². The third kappa shape index (κ3) is 4.72. The molecule has 0 aliphatic rings. The Balaban J connectivity index is 1.99. The number of hydrogen-bond donors (Lipinski definition) is 1. The van der Waals surface area contributed by atoms with E-state index >= 15 is 0 Å². The van der Waals surface area contributed by atoms with Gasteiger partial charge in [0, 0.05) is 18.8 Å². The van der Waals surface area contributed by atoms with E-state index in [1.165, 1.54) is 23.2 Å². The van der Waals surface area contributed by atoms with Crippen LogP contribution in [-0.2, 0) is 20.9 Å². The molecule has 0 unspecified atom stereocenters. The van der Waals surface area contributed by atoms with Gasteiger partial charge in [0.2, 0.25) is 5.91 Å². The molecule has 0 fully saturated rings. The SMILES string of the molecule is CC(=O)Nc1sc(C)c(C)c1C(=O)OCC(=O)N(C)Cc1ccc(C)o1. The van der Waals surface area contributed by atoms with Crippen LogP contribution < -0.4 is 5.32 Å². The van der Waals surface area contributed by atoms with Crippen LogP contribution in [0.15, 0.2) is 16.5 Å². The average Bonchev–Trinajstić information content (AvgIpc) is 3.07. The number of amides is 2. The van der Waals surface area contributed by atoms with Crippen LogP contribution in [0, 0.1) is 20.8 Å². The highest BCUT2D eigenvalue weighted by atomic mass is 32.1. The lowest BCUT2D eigenvalue weighted by Crippen LogP contribution is -2.30. The maximum absolute atomic E-state index is 12.4. The van der Waals surface area contributed by atoms with E-state index in [0.717, 1.165) is 16.2 Å².